The smallest absolute Gasteiger partial charge is 0.293 e. The Hall–Kier alpha value is -1.62. The first-order chi connectivity index (χ1) is 9.29. The molecule has 0 amide bonds. The van der Waals surface area contributed by atoms with Gasteiger partial charge in [0.2, 0.25) is 0 Å². The molecule has 0 fully saturated rings. The van der Waals surface area contributed by atoms with Crippen molar-refractivity contribution in [2.75, 3.05) is 0 Å². The van der Waals surface area contributed by atoms with Crippen LogP contribution < -0.4 is 0 Å². The molecule has 0 spiro atoms. The number of hydrogen-bond donors (Lipinski definition) is 0. The molecule has 0 aliphatic carbocycles. The molecule has 1 heterocycles. The molecule has 5 heteroatoms. The molecule has 0 atom stereocenters. The van der Waals surface area contributed by atoms with Crippen LogP contribution in [-0.2, 0) is 6.18 Å². The summed E-state index contributed by atoms with van der Waals surface area (Å²) in [7, 11) is 0. The van der Waals surface area contributed by atoms with Crippen LogP contribution in [-0.4, -0.2) is 5.78 Å². The standard InChI is InChI=1S/C15H13F3OS/c1-9(2)14(19)13-7-6-12(20-13)10-4-3-5-11(8-10)15(16,17)18/h3-9H,1-2H3. The Morgan fingerprint density at radius 2 is 1.85 bits per heavy atom. The van der Waals surface area contributed by atoms with Crippen LogP contribution in [0.3, 0.4) is 0 Å². The van der Waals surface area contributed by atoms with Gasteiger partial charge in [-0.05, 0) is 29.8 Å². The highest BCUT2D eigenvalue weighted by Crippen LogP contribution is 2.34. The van der Waals surface area contributed by atoms with Crippen molar-refractivity contribution in [1.82, 2.24) is 0 Å². The number of thiophene rings is 1. The summed E-state index contributed by atoms with van der Waals surface area (Å²) < 4.78 is 38.0. The van der Waals surface area contributed by atoms with E-state index in [-0.39, 0.29) is 11.7 Å². The van der Waals surface area contributed by atoms with Crippen LogP contribution in [0.4, 0.5) is 13.2 Å². The topological polar surface area (TPSA) is 17.1 Å². The van der Waals surface area contributed by atoms with Gasteiger partial charge in [-0.15, -0.1) is 11.3 Å². The maximum Gasteiger partial charge on any atom is 0.416 e. The van der Waals surface area contributed by atoms with Crippen molar-refractivity contribution in [3.05, 3.63) is 46.8 Å². The summed E-state index contributed by atoms with van der Waals surface area (Å²) in [5.74, 6) is -0.115. The van der Waals surface area contributed by atoms with Crippen LogP contribution in [0.1, 0.15) is 29.1 Å². The maximum absolute atomic E-state index is 12.7. The number of benzene rings is 1. The minimum Gasteiger partial charge on any atom is -0.293 e. The number of hydrogen-bond acceptors (Lipinski definition) is 2. The predicted octanol–water partition coefficient (Wildman–Crippen LogP) is 5.27. The van der Waals surface area contributed by atoms with Gasteiger partial charge in [-0.2, -0.15) is 13.2 Å². The van der Waals surface area contributed by atoms with Crippen molar-refractivity contribution in [3.63, 3.8) is 0 Å². The van der Waals surface area contributed by atoms with E-state index in [1.165, 1.54) is 17.4 Å². The molecule has 0 radical (unpaired) electrons. The van der Waals surface area contributed by atoms with Crippen LogP contribution in [0.5, 0.6) is 0 Å². The molecule has 1 nitrogen and oxygen atoms in total. The number of alkyl halides is 3. The fraction of sp³-hybridized carbons (Fsp3) is 0.267. The van der Waals surface area contributed by atoms with Crippen molar-refractivity contribution in [2.45, 2.75) is 20.0 Å². The van der Waals surface area contributed by atoms with Gasteiger partial charge in [0.25, 0.3) is 0 Å². The van der Waals surface area contributed by atoms with Crippen molar-refractivity contribution in [3.8, 4) is 10.4 Å². The fourth-order valence-corrected chi connectivity index (χ4v) is 2.85. The summed E-state index contributed by atoms with van der Waals surface area (Å²) in [5, 5.41) is 0. The number of halogens is 3. The van der Waals surface area contributed by atoms with Gasteiger partial charge in [0.1, 0.15) is 0 Å². The van der Waals surface area contributed by atoms with E-state index in [1.54, 1.807) is 32.0 Å². The minimum absolute atomic E-state index is 0.00762. The number of carbonyl (C=O) groups excluding carboxylic acids is 1. The lowest BCUT2D eigenvalue weighted by Gasteiger charge is -2.07. The Kier molecular flexibility index (Phi) is 3.99. The summed E-state index contributed by atoms with van der Waals surface area (Å²) in [6.45, 7) is 3.60. The third-order valence-corrected chi connectivity index (χ3v) is 4.00. The Morgan fingerprint density at radius 1 is 1.15 bits per heavy atom. The number of Topliss-reactive ketones (excluding diaryl/α,β-unsaturated/α-hetero) is 1. The molecular formula is C15H13F3OS. The normalized spacial score (nSPS) is 11.9. The van der Waals surface area contributed by atoms with Crippen LogP contribution >= 0.6 is 11.3 Å². The van der Waals surface area contributed by atoms with Gasteiger partial charge in [0, 0.05) is 10.8 Å². The maximum atomic E-state index is 12.7. The molecule has 0 N–H and O–H groups in total. The van der Waals surface area contributed by atoms with Crippen molar-refractivity contribution < 1.29 is 18.0 Å². The molecule has 0 bridgehead atoms. The lowest BCUT2D eigenvalue weighted by molar-refractivity contribution is -0.137. The summed E-state index contributed by atoms with van der Waals surface area (Å²) in [5.41, 5.74) is -0.201. The van der Waals surface area contributed by atoms with Gasteiger partial charge in [-0.3, -0.25) is 4.79 Å². The van der Waals surface area contributed by atoms with Gasteiger partial charge in [-0.1, -0.05) is 26.0 Å². The van der Waals surface area contributed by atoms with E-state index < -0.39 is 11.7 Å². The number of rotatable bonds is 3. The molecule has 1 aromatic heterocycles. The highest BCUT2D eigenvalue weighted by molar-refractivity contribution is 7.17. The van der Waals surface area contributed by atoms with Crippen molar-refractivity contribution >= 4 is 17.1 Å². The average molecular weight is 298 g/mol. The predicted molar refractivity (Wildman–Crippen MR) is 73.9 cm³/mol. The zero-order chi connectivity index (χ0) is 14.9. The lowest BCUT2D eigenvalue weighted by Crippen LogP contribution is -2.04. The summed E-state index contributed by atoms with van der Waals surface area (Å²) in [6.07, 6.45) is -4.36. The van der Waals surface area contributed by atoms with E-state index in [4.69, 9.17) is 0 Å². The summed E-state index contributed by atoms with van der Waals surface area (Å²) >= 11 is 1.22. The Bertz CT molecular complexity index is 626. The molecule has 0 aliphatic heterocycles. The van der Waals surface area contributed by atoms with E-state index in [1.807, 2.05) is 0 Å². The third-order valence-electron chi connectivity index (χ3n) is 2.85. The van der Waals surface area contributed by atoms with Gasteiger partial charge in [-0.25, -0.2) is 0 Å². The second-order valence-corrected chi connectivity index (χ2v) is 5.85. The SMILES string of the molecule is CC(C)C(=O)c1ccc(-c2cccc(C(F)(F)F)c2)s1. The van der Waals surface area contributed by atoms with Crippen LogP contribution in [0, 0.1) is 5.92 Å². The van der Waals surface area contributed by atoms with Crippen LogP contribution in [0.2, 0.25) is 0 Å². The Labute approximate surface area is 119 Å². The first kappa shape index (κ1) is 14.8. The zero-order valence-electron chi connectivity index (χ0n) is 11.0. The molecular weight excluding hydrogens is 285 g/mol. The van der Waals surface area contributed by atoms with E-state index in [9.17, 15) is 18.0 Å². The van der Waals surface area contributed by atoms with E-state index in [0.717, 1.165) is 12.1 Å². The zero-order valence-corrected chi connectivity index (χ0v) is 11.8. The average Bonchev–Trinajstić information content (AvgIpc) is 2.86. The molecule has 0 saturated carbocycles. The van der Waals surface area contributed by atoms with Gasteiger partial charge < -0.3 is 0 Å². The Balaban J connectivity index is 2.36. The minimum atomic E-state index is -4.36. The summed E-state index contributed by atoms with van der Waals surface area (Å²) in [4.78, 5) is 13.1. The number of ketones is 1. The van der Waals surface area contributed by atoms with Crippen LogP contribution in [0.15, 0.2) is 36.4 Å². The van der Waals surface area contributed by atoms with Crippen molar-refractivity contribution in [2.24, 2.45) is 5.92 Å². The van der Waals surface area contributed by atoms with Crippen LogP contribution in [0.25, 0.3) is 10.4 Å². The molecule has 1 aromatic carbocycles. The molecule has 106 valence electrons. The largest absolute Gasteiger partial charge is 0.416 e. The highest BCUT2D eigenvalue weighted by Gasteiger charge is 2.30. The highest BCUT2D eigenvalue weighted by atomic mass is 32.1. The molecule has 20 heavy (non-hydrogen) atoms. The lowest BCUT2D eigenvalue weighted by atomic mass is 10.1. The third kappa shape index (κ3) is 3.10. The fourth-order valence-electron chi connectivity index (χ4n) is 1.76. The second kappa shape index (κ2) is 5.40. The molecule has 0 aliphatic rings. The molecule has 2 aromatic rings. The van der Waals surface area contributed by atoms with E-state index in [0.29, 0.717) is 15.3 Å². The second-order valence-electron chi connectivity index (χ2n) is 4.76. The first-order valence-corrected chi connectivity index (χ1v) is 6.92. The molecule has 0 unspecified atom stereocenters. The van der Waals surface area contributed by atoms with Gasteiger partial charge in [0.05, 0.1) is 10.4 Å². The van der Waals surface area contributed by atoms with E-state index >= 15 is 0 Å². The van der Waals surface area contributed by atoms with Gasteiger partial charge in [0.15, 0.2) is 5.78 Å². The molecule has 2 rings (SSSR count). The number of carbonyl (C=O) groups is 1. The monoisotopic (exact) mass is 298 g/mol. The quantitative estimate of drug-likeness (QED) is 0.705. The first-order valence-electron chi connectivity index (χ1n) is 6.10. The van der Waals surface area contributed by atoms with Crippen molar-refractivity contribution in [1.29, 1.82) is 0 Å². The Morgan fingerprint density at radius 3 is 2.45 bits per heavy atom. The van der Waals surface area contributed by atoms with E-state index in [2.05, 4.69) is 0 Å². The summed E-state index contributed by atoms with van der Waals surface area (Å²) in [6, 6.07) is 8.50. The molecule has 0 saturated heterocycles. The van der Waals surface area contributed by atoms with Gasteiger partial charge >= 0.3 is 6.18 Å².